The van der Waals surface area contributed by atoms with Gasteiger partial charge in [0.15, 0.2) is 0 Å². The normalized spacial score (nSPS) is 26.1. The highest BCUT2D eigenvalue weighted by atomic mass is 32.1. The van der Waals surface area contributed by atoms with Crippen LogP contribution in [0.2, 0.25) is 0 Å². The molecule has 0 spiro atoms. The summed E-state index contributed by atoms with van der Waals surface area (Å²) in [6.07, 6.45) is 4.46. The Hall–Kier alpha value is -1.36. The molecule has 1 aromatic heterocycles. The maximum absolute atomic E-state index is 12.8. The van der Waals surface area contributed by atoms with E-state index < -0.39 is 0 Å². The van der Waals surface area contributed by atoms with E-state index in [1.54, 1.807) is 11.3 Å². The van der Waals surface area contributed by atoms with E-state index in [1.807, 2.05) is 22.8 Å². The fraction of sp³-hybridized carbons (Fsp3) is 0.625. The zero-order valence-electron chi connectivity index (χ0n) is 12.5. The molecule has 2 unspecified atom stereocenters. The Morgan fingerprint density at radius 3 is 2.86 bits per heavy atom. The maximum atomic E-state index is 12.8. The number of carbonyl (C=O) groups is 2. The predicted octanol–water partition coefficient (Wildman–Crippen LogP) is 2.29. The Morgan fingerprint density at radius 2 is 2.14 bits per heavy atom. The van der Waals surface area contributed by atoms with Gasteiger partial charge in [-0.3, -0.25) is 9.59 Å². The first-order chi connectivity index (χ1) is 10.2. The summed E-state index contributed by atoms with van der Waals surface area (Å²) in [7, 11) is 0. The van der Waals surface area contributed by atoms with Gasteiger partial charge in [-0.2, -0.15) is 0 Å². The SMILES string of the molecule is CCC1C(=O)N2CCCCC2C(=O)N1CCc1cccs1. The topological polar surface area (TPSA) is 40.6 Å². The first-order valence-electron chi connectivity index (χ1n) is 7.85. The summed E-state index contributed by atoms with van der Waals surface area (Å²) < 4.78 is 0. The van der Waals surface area contributed by atoms with Crippen molar-refractivity contribution in [2.24, 2.45) is 0 Å². The number of amides is 2. The second-order valence-electron chi connectivity index (χ2n) is 5.83. The van der Waals surface area contributed by atoms with Crippen LogP contribution in [-0.2, 0) is 16.0 Å². The predicted molar refractivity (Wildman–Crippen MR) is 83.2 cm³/mol. The summed E-state index contributed by atoms with van der Waals surface area (Å²) in [4.78, 5) is 30.4. The molecule has 3 heterocycles. The van der Waals surface area contributed by atoms with Crippen LogP contribution in [0.3, 0.4) is 0 Å². The minimum Gasteiger partial charge on any atom is -0.329 e. The summed E-state index contributed by atoms with van der Waals surface area (Å²) in [6.45, 7) is 3.41. The van der Waals surface area contributed by atoms with E-state index in [2.05, 4.69) is 11.4 Å². The number of carbonyl (C=O) groups excluding carboxylic acids is 2. The molecule has 21 heavy (non-hydrogen) atoms. The summed E-state index contributed by atoms with van der Waals surface area (Å²) >= 11 is 1.71. The van der Waals surface area contributed by atoms with E-state index in [1.165, 1.54) is 4.88 Å². The van der Waals surface area contributed by atoms with E-state index in [9.17, 15) is 9.59 Å². The van der Waals surface area contributed by atoms with Crippen LogP contribution in [0.5, 0.6) is 0 Å². The molecule has 0 saturated carbocycles. The van der Waals surface area contributed by atoms with Crippen LogP contribution in [0.1, 0.15) is 37.5 Å². The number of piperidine rings is 1. The number of rotatable bonds is 4. The molecule has 0 aromatic carbocycles. The fourth-order valence-corrected chi connectivity index (χ4v) is 4.17. The largest absolute Gasteiger partial charge is 0.329 e. The molecular formula is C16H22N2O2S. The van der Waals surface area contributed by atoms with Crippen molar-refractivity contribution < 1.29 is 9.59 Å². The van der Waals surface area contributed by atoms with E-state index in [-0.39, 0.29) is 23.9 Å². The van der Waals surface area contributed by atoms with Crippen LogP contribution in [0.15, 0.2) is 17.5 Å². The van der Waals surface area contributed by atoms with Crippen molar-refractivity contribution in [3.8, 4) is 0 Å². The van der Waals surface area contributed by atoms with Gasteiger partial charge < -0.3 is 9.80 Å². The molecule has 0 bridgehead atoms. The Bertz CT molecular complexity index is 514. The van der Waals surface area contributed by atoms with Crippen molar-refractivity contribution in [3.63, 3.8) is 0 Å². The summed E-state index contributed by atoms with van der Waals surface area (Å²) in [6, 6.07) is 3.67. The summed E-state index contributed by atoms with van der Waals surface area (Å²) in [5.74, 6) is 0.325. The molecule has 0 radical (unpaired) electrons. The molecular weight excluding hydrogens is 284 g/mol. The van der Waals surface area contributed by atoms with E-state index in [4.69, 9.17) is 0 Å². The highest BCUT2D eigenvalue weighted by molar-refractivity contribution is 7.09. The molecule has 2 saturated heterocycles. The zero-order chi connectivity index (χ0) is 14.8. The van der Waals surface area contributed by atoms with Gasteiger partial charge in [0.2, 0.25) is 11.8 Å². The smallest absolute Gasteiger partial charge is 0.246 e. The molecule has 2 aliphatic heterocycles. The molecule has 0 aliphatic carbocycles. The lowest BCUT2D eigenvalue weighted by atomic mass is 9.94. The molecule has 4 nitrogen and oxygen atoms in total. The second-order valence-corrected chi connectivity index (χ2v) is 6.86. The minimum absolute atomic E-state index is 0.160. The average molecular weight is 306 g/mol. The Labute approximate surface area is 129 Å². The summed E-state index contributed by atoms with van der Waals surface area (Å²) in [5.41, 5.74) is 0. The summed E-state index contributed by atoms with van der Waals surface area (Å²) in [5, 5.41) is 2.05. The van der Waals surface area contributed by atoms with Crippen molar-refractivity contribution in [1.29, 1.82) is 0 Å². The van der Waals surface area contributed by atoms with Gasteiger partial charge in [0, 0.05) is 18.0 Å². The van der Waals surface area contributed by atoms with Gasteiger partial charge in [-0.25, -0.2) is 0 Å². The van der Waals surface area contributed by atoms with E-state index in [0.29, 0.717) is 13.0 Å². The Morgan fingerprint density at radius 1 is 1.29 bits per heavy atom. The highest BCUT2D eigenvalue weighted by Crippen LogP contribution is 2.27. The molecule has 2 fully saturated rings. The van der Waals surface area contributed by atoms with Gasteiger partial charge in [-0.1, -0.05) is 13.0 Å². The van der Waals surface area contributed by atoms with Crippen molar-refractivity contribution in [2.45, 2.75) is 51.1 Å². The molecule has 114 valence electrons. The second kappa shape index (κ2) is 6.18. The first-order valence-corrected chi connectivity index (χ1v) is 8.73. The lowest BCUT2D eigenvalue weighted by Crippen LogP contribution is -2.65. The standard InChI is InChI=1S/C16H22N2O2S/c1-2-13-15(19)17-9-4-3-7-14(17)16(20)18(13)10-8-12-6-5-11-21-12/h5-6,11,13-14H,2-4,7-10H2,1H3. The highest BCUT2D eigenvalue weighted by Gasteiger charge is 2.45. The number of nitrogens with zero attached hydrogens (tertiary/aromatic N) is 2. The fourth-order valence-electron chi connectivity index (χ4n) is 3.47. The van der Waals surface area contributed by atoms with Gasteiger partial charge in [0.25, 0.3) is 0 Å². The number of thiophene rings is 1. The Balaban J connectivity index is 1.76. The molecule has 1 aromatic rings. The maximum Gasteiger partial charge on any atom is 0.246 e. The molecule has 3 rings (SSSR count). The molecule has 2 aliphatic rings. The van der Waals surface area contributed by atoms with Gasteiger partial charge in [0.05, 0.1) is 0 Å². The third kappa shape index (κ3) is 2.71. The third-order valence-electron chi connectivity index (χ3n) is 4.58. The number of piperazine rings is 1. The van der Waals surface area contributed by atoms with Crippen LogP contribution < -0.4 is 0 Å². The minimum atomic E-state index is -0.258. The Kier molecular flexibility index (Phi) is 4.29. The van der Waals surface area contributed by atoms with Gasteiger partial charge in [-0.05, 0) is 43.6 Å². The molecule has 2 amide bonds. The lowest BCUT2D eigenvalue weighted by Gasteiger charge is -2.46. The van der Waals surface area contributed by atoms with Crippen molar-refractivity contribution in [3.05, 3.63) is 22.4 Å². The van der Waals surface area contributed by atoms with Crippen LogP contribution in [0.25, 0.3) is 0 Å². The van der Waals surface area contributed by atoms with Gasteiger partial charge >= 0.3 is 0 Å². The average Bonchev–Trinajstić information content (AvgIpc) is 3.03. The monoisotopic (exact) mass is 306 g/mol. The quantitative estimate of drug-likeness (QED) is 0.856. The van der Waals surface area contributed by atoms with Crippen LogP contribution in [-0.4, -0.2) is 46.8 Å². The molecule has 2 atom stereocenters. The van der Waals surface area contributed by atoms with E-state index >= 15 is 0 Å². The zero-order valence-corrected chi connectivity index (χ0v) is 13.3. The van der Waals surface area contributed by atoms with E-state index in [0.717, 1.165) is 32.2 Å². The first kappa shape index (κ1) is 14.6. The van der Waals surface area contributed by atoms with Gasteiger partial charge in [-0.15, -0.1) is 11.3 Å². The lowest BCUT2D eigenvalue weighted by molar-refractivity contribution is -0.163. The third-order valence-corrected chi connectivity index (χ3v) is 5.52. The van der Waals surface area contributed by atoms with Crippen LogP contribution in [0.4, 0.5) is 0 Å². The van der Waals surface area contributed by atoms with Crippen LogP contribution in [0, 0.1) is 0 Å². The van der Waals surface area contributed by atoms with Gasteiger partial charge in [0.1, 0.15) is 12.1 Å². The number of fused-ring (bicyclic) bond motifs is 1. The van der Waals surface area contributed by atoms with Crippen molar-refractivity contribution >= 4 is 23.2 Å². The van der Waals surface area contributed by atoms with Crippen molar-refractivity contribution in [1.82, 2.24) is 9.80 Å². The number of hydrogen-bond donors (Lipinski definition) is 0. The van der Waals surface area contributed by atoms with Crippen molar-refractivity contribution in [2.75, 3.05) is 13.1 Å². The molecule has 0 N–H and O–H groups in total. The van der Waals surface area contributed by atoms with Crippen LogP contribution >= 0.6 is 11.3 Å². The number of hydrogen-bond acceptors (Lipinski definition) is 3. The molecule has 5 heteroatoms.